The number of benzene rings is 2. The number of methoxy groups -OCH3 is 1. The second-order valence-electron chi connectivity index (χ2n) is 9.05. The van der Waals surface area contributed by atoms with Gasteiger partial charge in [-0.3, -0.25) is 4.90 Å². The monoisotopic (exact) mass is 432 g/mol. The molecule has 1 aliphatic heterocycles. The van der Waals surface area contributed by atoms with Crippen LogP contribution in [0.3, 0.4) is 0 Å². The summed E-state index contributed by atoms with van der Waals surface area (Å²) in [6.07, 6.45) is 4.35. The number of piperidine rings is 1. The first-order chi connectivity index (χ1) is 15.6. The zero-order valence-electron chi connectivity index (χ0n) is 19.0. The van der Waals surface area contributed by atoms with Crippen LogP contribution in [0.15, 0.2) is 42.5 Å². The predicted octanol–water partition coefficient (Wildman–Crippen LogP) is 4.78. The van der Waals surface area contributed by atoms with Crippen LogP contribution < -0.4 is 10.1 Å². The summed E-state index contributed by atoms with van der Waals surface area (Å²) in [5, 5.41) is 12.2. The van der Waals surface area contributed by atoms with Crippen molar-refractivity contribution in [3.8, 4) is 11.8 Å². The second-order valence-corrected chi connectivity index (χ2v) is 9.05. The molecule has 2 aliphatic rings. The number of nitrogens with one attached hydrogen (secondary N) is 1. The van der Waals surface area contributed by atoms with Crippen LogP contribution in [0.5, 0.6) is 5.75 Å². The molecule has 0 unspecified atom stereocenters. The fourth-order valence-electron chi connectivity index (χ4n) is 4.47. The number of hydrogen-bond acceptors (Lipinski definition) is 4. The van der Waals surface area contributed by atoms with Crippen LogP contribution in [-0.4, -0.2) is 48.6 Å². The van der Waals surface area contributed by atoms with Crippen molar-refractivity contribution in [1.82, 2.24) is 9.80 Å². The first-order valence-corrected chi connectivity index (χ1v) is 11.5. The lowest BCUT2D eigenvalue weighted by atomic mass is 10.0. The maximum atomic E-state index is 13.3. The number of nitriles is 1. The van der Waals surface area contributed by atoms with Crippen LogP contribution in [0.25, 0.3) is 0 Å². The van der Waals surface area contributed by atoms with Crippen LogP contribution in [0.4, 0.5) is 10.5 Å². The third kappa shape index (κ3) is 5.60. The van der Waals surface area contributed by atoms with E-state index in [1.807, 2.05) is 43.3 Å². The van der Waals surface area contributed by atoms with Gasteiger partial charge in [0.2, 0.25) is 0 Å². The van der Waals surface area contributed by atoms with E-state index < -0.39 is 0 Å². The Morgan fingerprint density at radius 1 is 1.19 bits per heavy atom. The minimum atomic E-state index is -0.0269. The molecule has 1 aliphatic carbocycles. The van der Waals surface area contributed by atoms with Crippen molar-refractivity contribution in [1.29, 1.82) is 5.26 Å². The maximum absolute atomic E-state index is 13.3. The lowest BCUT2D eigenvalue weighted by Gasteiger charge is -2.38. The molecule has 1 N–H and O–H groups in total. The van der Waals surface area contributed by atoms with Gasteiger partial charge in [0.05, 0.1) is 24.4 Å². The molecule has 32 heavy (non-hydrogen) atoms. The third-order valence-electron chi connectivity index (χ3n) is 6.47. The molecule has 0 atom stereocenters. The highest BCUT2D eigenvalue weighted by molar-refractivity contribution is 5.91. The highest BCUT2D eigenvalue weighted by Crippen LogP contribution is 2.33. The Morgan fingerprint density at radius 3 is 2.66 bits per heavy atom. The lowest BCUT2D eigenvalue weighted by molar-refractivity contribution is 0.121. The first kappa shape index (κ1) is 22.2. The van der Waals surface area contributed by atoms with E-state index in [1.165, 1.54) is 18.4 Å². The van der Waals surface area contributed by atoms with Gasteiger partial charge in [0.15, 0.2) is 0 Å². The number of urea groups is 1. The molecule has 1 heterocycles. The van der Waals surface area contributed by atoms with Crippen LogP contribution in [0.1, 0.15) is 42.4 Å². The van der Waals surface area contributed by atoms with E-state index in [0.29, 0.717) is 17.2 Å². The molecular weight excluding hydrogens is 400 g/mol. The van der Waals surface area contributed by atoms with Crippen molar-refractivity contribution in [3.63, 3.8) is 0 Å². The number of ether oxygens (including phenoxy) is 1. The number of carbonyl (C=O) groups is 1. The van der Waals surface area contributed by atoms with Crippen LogP contribution in [0, 0.1) is 24.2 Å². The summed E-state index contributed by atoms with van der Waals surface area (Å²) in [7, 11) is 1.63. The zero-order chi connectivity index (χ0) is 22.5. The number of amides is 2. The fourth-order valence-corrected chi connectivity index (χ4v) is 4.47. The van der Waals surface area contributed by atoms with Crippen LogP contribution >= 0.6 is 0 Å². The normalized spacial score (nSPS) is 16.9. The Kier molecular flexibility index (Phi) is 6.96. The smallest absolute Gasteiger partial charge is 0.322 e. The van der Waals surface area contributed by atoms with Gasteiger partial charge in [-0.05, 0) is 73.9 Å². The summed E-state index contributed by atoms with van der Waals surface area (Å²) in [4.78, 5) is 17.8. The van der Waals surface area contributed by atoms with Crippen LogP contribution in [-0.2, 0) is 6.54 Å². The zero-order valence-corrected chi connectivity index (χ0v) is 19.0. The van der Waals surface area contributed by atoms with Gasteiger partial charge in [-0.2, -0.15) is 5.26 Å². The Morgan fingerprint density at radius 2 is 1.97 bits per heavy atom. The van der Waals surface area contributed by atoms with Gasteiger partial charge >= 0.3 is 6.03 Å². The van der Waals surface area contributed by atoms with Gasteiger partial charge in [-0.1, -0.05) is 18.2 Å². The number of hydrogen-bond donors (Lipinski definition) is 1. The highest BCUT2D eigenvalue weighted by atomic mass is 16.5. The summed E-state index contributed by atoms with van der Waals surface area (Å²) in [5.74, 6) is 1.32. The Hall–Kier alpha value is -3.04. The number of nitrogens with zero attached hydrogens (tertiary/aromatic N) is 3. The number of carbonyl (C=O) groups excluding carboxylic acids is 1. The summed E-state index contributed by atoms with van der Waals surface area (Å²) in [6.45, 7) is 5.58. The van der Waals surface area contributed by atoms with Crippen LogP contribution in [0.2, 0.25) is 0 Å². The number of anilines is 1. The molecule has 0 spiro atoms. The number of likely N-dealkylation sites (tertiary alicyclic amines) is 1. The van der Waals surface area contributed by atoms with Crippen molar-refractivity contribution < 1.29 is 9.53 Å². The molecular formula is C26H32N4O2. The minimum absolute atomic E-state index is 0.0269. The maximum Gasteiger partial charge on any atom is 0.322 e. The van der Waals surface area contributed by atoms with Gasteiger partial charge in [0.1, 0.15) is 5.75 Å². The summed E-state index contributed by atoms with van der Waals surface area (Å²) in [6, 6.07) is 16.1. The molecule has 168 valence electrons. The van der Waals surface area contributed by atoms with Crippen molar-refractivity contribution in [3.05, 3.63) is 59.2 Å². The standard InChI is InChI=1S/C26H32N4O2/c1-19-6-9-25(32-2)24(14-19)28-26(31)30(18-20-7-8-20)23-10-12-29(13-11-23)17-22-5-3-4-21(15-22)16-27/h3-6,9,14-15,20,23H,7-8,10-13,17-18H2,1-2H3,(H,28,31). The fraction of sp³-hybridized carbons (Fsp3) is 0.462. The molecule has 1 saturated heterocycles. The lowest BCUT2D eigenvalue weighted by Crippen LogP contribution is -2.49. The molecule has 2 fully saturated rings. The Bertz CT molecular complexity index is 988. The summed E-state index contributed by atoms with van der Waals surface area (Å²) in [5.41, 5.74) is 3.69. The van der Waals surface area contributed by atoms with E-state index in [9.17, 15) is 4.79 Å². The molecule has 4 rings (SSSR count). The quantitative estimate of drug-likeness (QED) is 0.683. The van der Waals surface area contributed by atoms with E-state index >= 15 is 0 Å². The summed E-state index contributed by atoms with van der Waals surface area (Å²) < 4.78 is 5.45. The van der Waals surface area contributed by atoms with Crippen molar-refractivity contribution in [2.24, 2.45) is 5.92 Å². The molecule has 0 bridgehead atoms. The van der Waals surface area contributed by atoms with E-state index in [-0.39, 0.29) is 12.1 Å². The van der Waals surface area contributed by atoms with Crippen molar-refractivity contribution in [2.75, 3.05) is 32.1 Å². The third-order valence-corrected chi connectivity index (χ3v) is 6.47. The summed E-state index contributed by atoms with van der Waals surface area (Å²) >= 11 is 0. The van der Waals surface area contributed by atoms with Gasteiger partial charge in [0, 0.05) is 32.2 Å². The van der Waals surface area contributed by atoms with Crippen molar-refractivity contribution in [2.45, 2.75) is 45.2 Å². The largest absolute Gasteiger partial charge is 0.495 e. The molecule has 0 aromatic heterocycles. The van der Waals surface area contributed by atoms with Gasteiger partial charge in [0.25, 0.3) is 0 Å². The van der Waals surface area contributed by atoms with E-state index in [4.69, 9.17) is 10.00 Å². The SMILES string of the molecule is COc1ccc(C)cc1NC(=O)N(CC1CC1)C1CCN(Cc2cccc(C#N)c2)CC1. The predicted molar refractivity (Wildman–Crippen MR) is 126 cm³/mol. The Labute approximate surface area is 190 Å². The van der Waals surface area contributed by atoms with E-state index in [0.717, 1.165) is 50.3 Å². The van der Waals surface area contributed by atoms with E-state index in [1.54, 1.807) is 7.11 Å². The molecule has 6 nitrogen and oxygen atoms in total. The molecule has 2 aromatic rings. The topological polar surface area (TPSA) is 68.6 Å². The Balaban J connectivity index is 1.39. The minimum Gasteiger partial charge on any atom is -0.495 e. The van der Waals surface area contributed by atoms with Gasteiger partial charge < -0.3 is 15.0 Å². The number of aryl methyl sites for hydroxylation is 1. The van der Waals surface area contributed by atoms with Crippen molar-refractivity contribution >= 4 is 11.7 Å². The molecule has 6 heteroatoms. The molecule has 0 radical (unpaired) electrons. The molecule has 2 amide bonds. The highest BCUT2D eigenvalue weighted by Gasteiger charge is 2.33. The van der Waals surface area contributed by atoms with Gasteiger partial charge in [-0.15, -0.1) is 0 Å². The second kappa shape index (κ2) is 10.1. The average Bonchev–Trinajstić information content (AvgIpc) is 3.63. The van der Waals surface area contributed by atoms with Gasteiger partial charge in [-0.25, -0.2) is 4.79 Å². The average molecular weight is 433 g/mol. The molecule has 1 saturated carbocycles. The molecule has 2 aromatic carbocycles. The van der Waals surface area contributed by atoms with E-state index in [2.05, 4.69) is 27.3 Å². The first-order valence-electron chi connectivity index (χ1n) is 11.5. The number of rotatable bonds is 7.